The molecule has 1 fully saturated rings. The van der Waals surface area contributed by atoms with Crippen molar-refractivity contribution in [1.29, 1.82) is 0 Å². The van der Waals surface area contributed by atoms with Gasteiger partial charge in [-0.3, -0.25) is 5.32 Å². The molecule has 2 N–H and O–H groups in total. The monoisotopic (exact) mass is 206 g/mol. The summed E-state index contributed by atoms with van der Waals surface area (Å²) < 4.78 is 0.252. The van der Waals surface area contributed by atoms with Crippen LogP contribution in [0, 0.1) is 0 Å². The third-order valence-corrected chi connectivity index (χ3v) is 4.60. The van der Waals surface area contributed by atoms with Gasteiger partial charge in [-0.15, -0.1) is 23.5 Å². The average molecular weight is 206 g/mol. The molecule has 72 valence electrons. The maximum absolute atomic E-state index is 3.60. The molecule has 0 aromatic heterocycles. The average Bonchev–Trinajstić information content (AvgIpc) is 2.07. The van der Waals surface area contributed by atoms with E-state index >= 15 is 0 Å². The van der Waals surface area contributed by atoms with Crippen molar-refractivity contribution in [3.05, 3.63) is 0 Å². The second kappa shape index (κ2) is 5.37. The van der Waals surface area contributed by atoms with E-state index in [2.05, 4.69) is 24.5 Å². The van der Waals surface area contributed by atoms with E-state index < -0.39 is 0 Å². The van der Waals surface area contributed by atoms with Gasteiger partial charge in [0.2, 0.25) is 0 Å². The van der Waals surface area contributed by atoms with Crippen LogP contribution in [0.3, 0.4) is 0 Å². The summed E-state index contributed by atoms with van der Waals surface area (Å²) in [6, 6.07) is 0. The molecule has 1 saturated heterocycles. The van der Waals surface area contributed by atoms with E-state index in [9.17, 15) is 0 Å². The van der Waals surface area contributed by atoms with Gasteiger partial charge in [0.1, 0.15) is 4.20 Å². The highest BCUT2D eigenvalue weighted by atomic mass is 32.2. The molecule has 1 rings (SSSR count). The maximum atomic E-state index is 3.60. The molecule has 0 unspecified atom stereocenters. The summed E-state index contributed by atoms with van der Waals surface area (Å²) in [6.45, 7) is 7.73. The van der Waals surface area contributed by atoms with Gasteiger partial charge in [-0.2, -0.15) is 0 Å². The van der Waals surface area contributed by atoms with E-state index in [-0.39, 0.29) is 4.20 Å². The summed E-state index contributed by atoms with van der Waals surface area (Å²) in [7, 11) is 0. The molecule has 0 aromatic rings. The summed E-state index contributed by atoms with van der Waals surface area (Å²) in [5.74, 6) is 2.36. The molecule has 0 spiro atoms. The summed E-state index contributed by atoms with van der Waals surface area (Å²) in [5.41, 5.74) is 0. The number of piperazine rings is 1. The topological polar surface area (TPSA) is 24.1 Å². The molecule has 0 saturated carbocycles. The van der Waals surface area contributed by atoms with Crippen molar-refractivity contribution >= 4 is 23.5 Å². The Balaban J connectivity index is 2.44. The van der Waals surface area contributed by atoms with E-state index in [4.69, 9.17) is 0 Å². The van der Waals surface area contributed by atoms with Crippen LogP contribution in [0.2, 0.25) is 0 Å². The Bertz CT molecular complexity index is 109. The minimum Gasteiger partial charge on any atom is -0.312 e. The van der Waals surface area contributed by atoms with Gasteiger partial charge in [0.25, 0.3) is 0 Å². The summed E-state index contributed by atoms with van der Waals surface area (Å²) in [4.78, 5) is 0. The Morgan fingerprint density at radius 1 is 1.17 bits per heavy atom. The maximum Gasteiger partial charge on any atom is 0.124 e. The van der Waals surface area contributed by atoms with Crippen molar-refractivity contribution in [3.8, 4) is 0 Å². The minimum atomic E-state index is 0.252. The van der Waals surface area contributed by atoms with Gasteiger partial charge < -0.3 is 5.32 Å². The number of hydrogen-bond donors (Lipinski definition) is 2. The fourth-order valence-electron chi connectivity index (χ4n) is 1.37. The molecule has 2 nitrogen and oxygen atoms in total. The Labute approximate surface area is 83.6 Å². The van der Waals surface area contributed by atoms with Crippen molar-refractivity contribution in [2.75, 3.05) is 31.1 Å². The van der Waals surface area contributed by atoms with Crippen molar-refractivity contribution < 1.29 is 0 Å². The Morgan fingerprint density at radius 3 is 2.25 bits per heavy atom. The van der Waals surface area contributed by atoms with Crippen LogP contribution in [-0.2, 0) is 0 Å². The predicted molar refractivity (Wildman–Crippen MR) is 59.9 cm³/mol. The van der Waals surface area contributed by atoms with E-state index in [0.717, 1.165) is 19.6 Å². The molecule has 1 aliphatic rings. The first kappa shape index (κ1) is 10.7. The van der Waals surface area contributed by atoms with Crippen LogP contribution in [0.5, 0.6) is 0 Å². The smallest absolute Gasteiger partial charge is 0.124 e. The number of rotatable bonds is 4. The lowest BCUT2D eigenvalue weighted by atomic mass is 10.4. The van der Waals surface area contributed by atoms with Gasteiger partial charge in [0.05, 0.1) is 0 Å². The molecule has 4 heteroatoms. The van der Waals surface area contributed by atoms with Gasteiger partial charge in [-0.1, -0.05) is 13.8 Å². The minimum absolute atomic E-state index is 0.252. The van der Waals surface area contributed by atoms with Crippen molar-refractivity contribution in [3.63, 3.8) is 0 Å². The van der Waals surface area contributed by atoms with E-state index in [1.165, 1.54) is 11.5 Å². The summed E-state index contributed by atoms with van der Waals surface area (Å²) in [5, 5.41) is 7.04. The zero-order valence-corrected chi connectivity index (χ0v) is 9.49. The van der Waals surface area contributed by atoms with Gasteiger partial charge in [-0.25, -0.2) is 0 Å². The van der Waals surface area contributed by atoms with Gasteiger partial charge in [-0.05, 0) is 11.5 Å². The molecule has 0 aromatic carbocycles. The second-order valence-corrected chi connectivity index (χ2v) is 6.11. The Hall–Kier alpha value is 0.620. The lowest BCUT2D eigenvalue weighted by molar-refractivity contribution is 0.480. The molecule has 0 aliphatic carbocycles. The van der Waals surface area contributed by atoms with Crippen LogP contribution in [0.15, 0.2) is 0 Å². The van der Waals surface area contributed by atoms with Crippen molar-refractivity contribution in [2.24, 2.45) is 0 Å². The normalized spacial score (nSPS) is 22.5. The molecular weight excluding hydrogens is 188 g/mol. The van der Waals surface area contributed by atoms with Crippen molar-refractivity contribution in [2.45, 2.75) is 18.1 Å². The first-order valence-corrected chi connectivity index (χ1v) is 6.54. The third kappa shape index (κ3) is 2.83. The highest BCUT2D eigenvalue weighted by molar-refractivity contribution is 8.18. The lowest BCUT2D eigenvalue weighted by Crippen LogP contribution is -2.55. The molecule has 1 aliphatic heterocycles. The van der Waals surface area contributed by atoms with Gasteiger partial charge in [0, 0.05) is 19.6 Å². The molecule has 1 heterocycles. The highest BCUT2D eigenvalue weighted by Gasteiger charge is 2.31. The van der Waals surface area contributed by atoms with Gasteiger partial charge >= 0.3 is 0 Å². The first-order chi connectivity index (χ1) is 5.83. The number of nitrogens with one attached hydrogen (secondary N) is 2. The molecule has 0 bridgehead atoms. The van der Waals surface area contributed by atoms with Crippen molar-refractivity contribution in [1.82, 2.24) is 10.6 Å². The standard InChI is InChI=1S/C8H18N2S2/c1-3-11-8(12-4-2)7-9-5-6-10-8/h9-10H,3-7H2,1-2H3. The van der Waals surface area contributed by atoms with Crippen LogP contribution in [0.25, 0.3) is 0 Å². The molecular formula is C8H18N2S2. The SMILES string of the molecule is CCSC1(SCC)CNCCN1. The zero-order chi connectivity index (χ0) is 8.86. The van der Waals surface area contributed by atoms with Crippen LogP contribution in [0.4, 0.5) is 0 Å². The molecule has 0 radical (unpaired) electrons. The van der Waals surface area contributed by atoms with Crippen LogP contribution in [-0.4, -0.2) is 35.3 Å². The highest BCUT2D eigenvalue weighted by Crippen LogP contribution is 2.34. The zero-order valence-electron chi connectivity index (χ0n) is 7.85. The summed E-state index contributed by atoms with van der Waals surface area (Å²) in [6.07, 6.45) is 0. The number of thioether (sulfide) groups is 2. The number of hydrogen-bond acceptors (Lipinski definition) is 4. The molecule has 12 heavy (non-hydrogen) atoms. The fraction of sp³-hybridized carbons (Fsp3) is 1.00. The third-order valence-electron chi connectivity index (χ3n) is 1.81. The summed E-state index contributed by atoms with van der Waals surface area (Å²) >= 11 is 4.03. The molecule has 0 amide bonds. The predicted octanol–water partition coefficient (Wildman–Crippen LogP) is 1.34. The van der Waals surface area contributed by atoms with Crippen LogP contribution >= 0.6 is 23.5 Å². The van der Waals surface area contributed by atoms with E-state index in [1.54, 1.807) is 0 Å². The second-order valence-electron chi connectivity index (χ2n) is 2.72. The van der Waals surface area contributed by atoms with Crippen LogP contribution < -0.4 is 10.6 Å². The Kier molecular flexibility index (Phi) is 4.79. The first-order valence-electron chi connectivity index (χ1n) is 4.56. The largest absolute Gasteiger partial charge is 0.312 e. The van der Waals surface area contributed by atoms with Gasteiger partial charge in [0.15, 0.2) is 0 Å². The Morgan fingerprint density at radius 2 is 1.83 bits per heavy atom. The molecule has 0 atom stereocenters. The van der Waals surface area contributed by atoms with Crippen LogP contribution in [0.1, 0.15) is 13.8 Å². The van der Waals surface area contributed by atoms with E-state index in [0.29, 0.717) is 0 Å². The lowest BCUT2D eigenvalue weighted by Gasteiger charge is -2.37. The fourth-order valence-corrected chi connectivity index (χ4v) is 4.16. The van der Waals surface area contributed by atoms with E-state index in [1.807, 2.05) is 23.5 Å². The quantitative estimate of drug-likeness (QED) is 0.678.